The van der Waals surface area contributed by atoms with Crippen molar-refractivity contribution in [2.24, 2.45) is 0 Å². The standard InChI is InChI=1S/C15H8BrNO4/c16-9-3-6-11-12(7-9)14(19)17(13(11)18)10-4-1-8(2-5-10)15(20)21/h1-7H,(H,20,21)/p-1. The highest BCUT2D eigenvalue weighted by molar-refractivity contribution is 9.10. The fraction of sp³-hybridized carbons (Fsp3) is 0. The minimum atomic E-state index is -1.31. The van der Waals surface area contributed by atoms with E-state index in [-0.39, 0.29) is 5.56 Å². The van der Waals surface area contributed by atoms with Crippen LogP contribution in [-0.2, 0) is 0 Å². The summed E-state index contributed by atoms with van der Waals surface area (Å²) in [4.78, 5) is 36.4. The minimum Gasteiger partial charge on any atom is -0.545 e. The van der Waals surface area contributed by atoms with Crippen LogP contribution in [-0.4, -0.2) is 17.8 Å². The molecule has 1 heterocycles. The van der Waals surface area contributed by atoms with Crippen LogP contribution >= 0.6 is 15.9 Å². The number of benzene rings is 2. The molecule has 0 aliphatic carbocycles. The second kappa shape index (κ2) is 4.82. The molecule has 0 saturated heterocycles. The number of carbonyl (C=O) groups excluding carboxylic acids is 3. The third kappa shape index (κ3) is 2.13. The van der Waals surface area contributed by atoms with Crippen molar-refractivity contribution >= 4 is 39.4 Å². The zero-order valence-electron chi connectivity index (χ0n) is 10.5. The van der Waals surface area contributed by atoms with Crippen molar-refractivity contribution in [1.29, 1.82) is 0 Å². The number of nitrogens with zero attached hydrogens (tertiary/aromatic N) is 1. The van der Waals surface area contributed by atoms with Gasteiger partial charge < -0.3 is 9.90 Å². The molecule has 2 amide bonds. The lowest BCUT2D eigenvalue weighted by Crippen LogP contribution is -2.29. The maximum atomic E-state index is 12.3. The van der Waals surface area contributed by atoms with Crippen LogP contribution in [0.4, 0.5) is 5.69 Å². The van der Waals surface area contributed by atoms with Gasteiger partial charge in [-0.2, -0.15) is 0 Å². The summed E-state index contributed by atoms with van der Waals surface area (Å²) >= 11 is 3.26. The summed E-state index contributed by atoms with van der Waals surface area (Å²) in [6, 6.07) is 10.3. The number of carboxylic acid groups (broad SMARTS) is 1. The molecule has 1 aliphatic heterocycles. The van der Waals surface area contributed by atoms with Crippen molar-refractivity contribution in [3.05, 3.63) is 63.6 Å². The number of fused-ring (bicyclic) bond motifs is 1. The fourth-order valence-corrected chi connectivity index (χ4v) is 2.56. The molecule has 3 rings (SSSR count). The highest BCUT2D eigenvalue weighted by Crippen LogP contribution is 2.30. The number of carboxylic acids is 1. The summed E-state index contributed by atoms with van der Waals surface area (Å²) in [5, 5.41) is 10.7. The summed E-state index contributed by atoms with van der Waals surface area (Å²) in [5.74, 6) is -2.17. The van der Waals surface area contributed by atoms with Crippen LogP contribution in [0.2, 0.25) is 0 Å². The molecule has 0 radical (unpaired) electrons. The van der Waals surface area contributed by atoms with Crippen LogP contribution < -0.4 is 10.0 Å². The first-order valence-corrected chi connectivity index (χ1v) is 6.78. The lowest BCUT2D eigenvalue weighted by Gasteiger charge is -2.14. The zero-order chi connectivity index (χ0) is 15.1. The summed E-state index contributed by atoms with van der Waals surface area (Å²) in [5.41, 5.74) is 0.950. The Balaban J connectivity index is 2.03. The van der Waals surface area contributed by atoms with Gasteiger partial charge in [-0.05, 0) is 35.9 Å². The van der Waals surface area contributed by atoms with E-state index in [1.165, 1.54) is 24.3 Å². The van der Waals surface area contributed by atoms with Gasteiger partial charge >= 0.3 is 0 Å². The average molecular weight is 345 g/mol. The average Bonchev–Trinajstić information content (AvgIpc) is 2.70. The predicted octanol–water partition coefficient (Wildman–Crippen LogP) is 1.61. The van der Waals surface area contributed by atoms with Crippen LogP contribution in [0.1, 0.15) is 31.1 Å². The van der Waals surface area contributed by atoms with Crippen LogP contribution in [0.25, 0.3) is 0 Å². The van der Waals surface area contributed by atoms with Crippen molar-refractivity contribution in [2.45, 2.75) is 0 Å². The summed E-state index contributed by atoms with van der Waals surface area (Å²) in [6.45, 7) is 0. The maximum Gasteiger partial charge on any atom is 0.266 e. The summed E-state index contributed by atoms with van der Waals surface area (Å²) < 4.78 is 0.705. The van der Waals surface area contributed by atoms with E-state index in [4.69, 9.17) is 0 Å². The Kier molecular flexibility index (Phi) is 3.10. The lowest BCUT2D eigenvalue weighted by atomic mass is 10.1. The first kappa shape index (κ1) is 13.5. The van der Waals surface area contributed by atoms with Crippen LogP contribution in [0.15, 0.2) is 46.9 Å². The molecule has 6 heteroatoms. The molecule has 1 aliphatic rings. The van der Waals surface area contributed by atoms with E-state index in [1.54, 1.807) is 18.2 Å². The molecule has 0 fully saturated rings. The van der Waals surface area contributed by atoms with Crippen LogP contribution in [0.3, 0.4) is 0 Å². The lowest BCUT2D eigenvalue weighted by molar-refractivity contribution is -0.255. The largest absolute Gasteiger partial charge is 0.545 e. The van der Waals surface area contributed by atoms with E-state index in [9.17, 15) is 19.5 Å². The Morgan fingerprint density at radius 3 is 2.19 bits per heavy atom. The predicted molar refractivity (Wildman–Crippen MR) is 76.1 cm³/mol. The molecular weight excluding hydrogens is 338 g/mol. The normalized spacial score (nSPS) is 13.5. The van der Waals surface area contributed by atoms with Gasteiger partial charge in [0.25, 0.3) is 11.8 Å². The molecule has 2 aromatic carbocycles. The van der Waals surface area contributed by atoms with E-state index < -0.39 is 17.8 Å². The van der Waals surface area contributed by atoms with E-state index in [1.807, 2.05) is 0 Å². The van der Waals surface area contributed by atoms with Gasteiger partial charge in [0, 0.05) is 4.47 Å². The topological polar surface area (TPSA) is 77.5 Å². The van der Waals surface area contributed by atoms with Gasteiger partial charge in [-0.3, -0.25) is 9.59 Å². The molecule has 0 bridgehead atoms. The van der Waals surface area contributed by atoms with Gasteiger partial charge in [0.2, 0.25) is 0 Å². The molecule has 0 spiro atoms. The molecule has 104 valence electrons. The van der Waals surface area contributed by atoms with Gasteiger partial charge in [0.1, 0.15) is 0 Å². The molecule has 21 heavy (non-hydrogen) atoms. The number of halogens is 1. The summed E-state index contributed by atoms with van der Waals surface area (Å²) in [6.07, 6.45) is 0. The van der Waals surface area contributed by atoms with Crippen LogP contribution in [0, 0.1) is 0 Å². The van der Waals surface area contributed by atoms with Crippen molar-refractivity contribution in [1.82, 2.24) is 0 Å². The number of carbonyl (C=O) groups is 3. The Morgan fingerprint density at radius 2 is 1.57 bits per heavy atom. The van der Waals surface area contributed by atoms with E-state index in [2.05, 4.69) is 15.9 Å². The van der Waals surface area contributed by atoms with E-state index in [0.717, 1.165) is 4.90 Å². The first-order valence-electron chi connectivity index (χ1n) is 5.99. The summed E-state index contributed by atoms with van der Waals surface area (Å²) in [7, 11) is 0. The van der Waals surface area contributed by atoms with Gasteiger partial charge in [0.05, 0.1) is 22.8 Å². The van der Waals surface area contributed by atoms with Gasteiger partial charge in [0.15, 0.2) is 0 Å². The number of hydrogen-bond acceptors (Lipinski definition) is 4. The van der Waals surface area contributed by atoms with Crippen molar-refractivity contribution in [2.75, 3.05) is 4.90 Å². The molecule has 5 nitrogen and oxygen atoms in total. The molecule has 2 aromatic rings. The van der Waals surface area contributed by atoms with Crippen molar-refractivity contribution < 1.29 is 19.5 Å². The van der Waals surface area contributed by atoms with Gasteiger partial charge in [-0.15, -0.1) is 0 Å². The van der Waals surface area contributed by atoms with Gasteiger partial charge in [-0.1, -0.05) is 28.1 Å². The highest BCUT2D eigenvalue weighted by atomic mass is 79.9. The fourth-order valence-electron chi connectivity index (χ4n) is 2.19. The molecule has 0 aromatic heterocycles. The Labute approximate surface area is 127 Å². The Hall–Kier alpha value is -2.47. The van der Waals surface area contributed by atoms with Crippen LogP contribution in [0.5, 0.6) is 0 Å². The third-order valence-electron chi connectivity index (χ3n) is 3.21. The molecular formula is C15H7BrNO4-. The van der Waals surface area contributed by atoms with Crippen molar-refractivity contribution in [3.8, 4) is 0 Å². The first-order chi connectivity index (χ1) is 9.99. The number of amides is 2. The number of aromatic carboxylic acids is 1. The Morgan fingerprint density at radius 1 is 0.952 bits per heavy atom. The maximum absolute atomic E-state index is 12.3. The van der Waals surface area contributed by atoms with E-state index >= 15 is 0 Å². The number of imide groups is 1. The SMILES string of the molecule is O=C([O-])c1ccc(N2C(=O)c3ccc(Br)cc3C2=O)cc1. The number of hydrogen-bond donors (Lipinski definition) is 0. The number of rotatable bonds is 2. The second-order valence-corrected chi connectivity index (χ2v) is 5.39. The quantitative estimate of drug-likeness (QED) is 0.775. The molecule has 0 atom stereocenters. The molecule has 0 N–H and O–H groups in total. The molecule has 0 unspecified atom stereocenters. The minimum absolute atomic E-state index is 0.0156. The Bertz CT molecular complexity index is 783. The third-order valence-corrected chi connectivity index (χ3v) is 3.70. The zero-order valence-corrected chi connectivity index (χ0v) is 12.1. The highest BCUT2D eigenvalue weighted by Gasteiger charge is 2.36. The number of anilines is 1. The van der Waals surface area contributed by atoms with Gasteiger partial charge in [-0.25, -0.2) is 4.90 Å². The smallest absolute Gasteiger partial charge is 0.266 e. The second-order valence-electron chi connectivity index (χ2n) is 4.47. The monoisotopic (exact) mass is 344 g/mol. The molecule has 0 saturated carbocycles. The van der Waals surface area contributed by atoms with E-state index in [0.29, 0.717) is 21.3 Å². The van der Waals surface area contributed by atoms with Crippen molar-refractivity contribution in [3.63, 3.8) is 0 Å².